The third-order valence-electron chi connectivity index (χ3n) is 4.28. The van der Waals surface area contributed by atoms with E-state index in [1.807, 2.05) is 25.1 Å². The molecule has 128 valence electrons. The maximum absolute atomic E-state index is 13.0. The van der Waals surface area contributed by atoms with Crippen molar-refractivity contribution in [1.82, 2.24) is 5.32 Å². The molecule has 1 heterocycles. The Morgan fingerprint density at radius 1 is 1.12 bits per heavy atom. The van der Waals surface area contributed by atoms with Crippen LogP contribution in [0, 0.1) is 5.82 Å². The molecule has 2 atom stereocenters. The van der Waals surface area contributed by atoms with Crippen LogP contribution in [0.1, 0.15) is 31.0 Å². The van der Waals surface area contributed by atoms with Gasteiger partial charge in [-0.25, -0.2) is 4.39 Å². The van der Waals surface area contributed by atoms with E-state index in [1.54, 1.807) is 19.1 Å². The third-order valence-corrected chi connectivity index (χ3v) is 4.28. The summed E-state index contributed by atoms with van der Waals surface area (Å²) in [5.74, 6) is 1.19. The number of aliphatic hydroxyl groups is 1. The van der Waals surface area contributed by atoms with Crippen molar-refractivity contribution in [3.8, 4) is 11.5 Å². The van der Waals surface area contributed by atoms with Crippen LogP contribution < -0.4 is 14.8 Å². The molecule has 4 nitrogen and oxygen atoms in total. The molecule has 3 rings (SSSR count). The van der Waals surface area contributed by atoms with Gasteiger partial charge in [0, 0.05) is 12.6 Å². The molecule has 0 amide bonds. The van der Waals surface area contributed by atoms with Crippen molar-refractivity contribution in [3.05, 3.63) is 59.4 Å². The molecule has 2 unspecified atom stereocenters. The standard InChI is InChI=1S/C19H22FNO3/c1-13(14-3-8-17-18(11-14)24-10-9-23-17)21-12-19(2,22)15-4-6-16(20)7-5-15/h3-8,11,13,21-22H,9-10,12H2,1-2H3. The number of fused-ring (bicyclic) bond motifs is 1. The van der Waals surface area contributed by atoms with E-state index in [0.29, 0.717) is 25.3 Å². The number of hydrogen-bond donors (Lipinski definition) is 2. The summed E-state index contributed by atoms with van der Waals surface area (Å²) in [6, 6.07) is 11.8. The van der Waals surface area contributed by atoms with Crippen molar-refractivity contribution in [2.24, 2.45) is 0 Å². The lowest BCUT2D eigenvalue weighted by atomic mass is 9.95. The normalized spacial score (nSPS) is 17.2. The zero-order valence-corrected chi connectivity index (χ0v) is 13.9. The Balaban J connectivity index is 1.66. The second-order valence-corrected chi connectivity index (χ2v) is 6.29. The molecule has 1 aliphatic rings. The van der Waals surface area contributed by atoms with Gasteiger partial charge in [0.2, 0.25) is 0 Å². The Morgan fingerprint density at radius 2 is 1.79 bits per heavy atom. The summed E-state index contributed by atoms with van der Waals surface area (Å²) in [5.41, 5.74) is 0.635. The van der Waals surface area contributed by atoms with Gasteiger partial charge in [0.1, 0.15) is 19.0 Å². The Morgan fingerprint density at radius 3 is 2.50 bits per heavy atom. The van der Waals surface area contributed by atoms with Gasteiger partial charge in [-0.15, -0.1) is 0 Å². The van der Waals surface area contributed by atoms with Crippen LogP contribution in [-0.4, -0.2) is 24.9 Å². The first kappa shape index (κ1) is 16.7. The number of benzene rings is 2. The van der Waals surface area contributed by atoms with Crippen molar-refractivity contribution < 1.29 is 19.0 Å². The van der Waals surface area contributed by atoms with Gasteiger partial charge in [0.15, 0.2) is 11.5 Å². The second kappa shape index (κ2) is 6.79. The van der Waals surface area contributed by atoms with E-state index in [-0.39, 0.29) is 11.9 Å². The Labute approximate surface area is 141 Å². The van der Waals surface area contributed by atoms with Crippen molar-refractivity contribution in [3.63, 3.8) is 0 Å². The van der Waals surface area contributed by atoms with Gasteiger partial charge >= 0.3 is 0 Å². The first-order valence-electron chi connectivity index (χ1n) is 8.07. The predicted octanol–water partition coefficient (Wildman–Crippen LogP) is 3.16. The highest BCUT2D eigenvalue weighted by Crippen LogP contribution is 2.32. The lowest BCUT2D eigenvalue weighted by Gasteiger charge is -2.27. The molecule has 0 aromatic heterocycles. The van der Waals surface area contributed by atoms with E-state index in [1.165, 1.54) is 12.1 Å². The molecule has 2 aromatic carbocycles. The number of rotatable bonds is 5. The minimum absolute atomic E-state index is 0.0211. The van der Waals surface area contributed by atoms with Crippen LogP contribution in [0.3, 0.4) is 0 Å². The Hall–Kier alpha value is -2.11. The monoisotopic (exact) mass is 331 g/mol. The topological polar surface area (TPSA) is 50.7 Å². The minimum Gasteiger partial charge on any atom is -0.486 e. The van der Waals surface area contributed by atoms with Crippen molar-refractivity contribution >= 4 is 0 Å². The molecule has 0 saturated carbocycles. The zero-order valence-electron chi connectivity index (χ0n) is 13.9. The fraction of sp³-hybridized carbons (Fsp3) is 0.368. The molecule has 0 aliphatic carbocycles. The van der Waals surface area contributed by atoms with Crippen LogP contribution >= 0.6 is 0 Å². The first-order valence-corrected chi connectivity index (χ1v) is 8.07. The second-order valence-electron chi connectivity index (χ2n) is 6.29. The summed E-state index contributed by atoms with van der Waals surface area (Å²) in [4.78, 5) is 0. The van der Waals surface area contributed by atoms with Crippen LogP contribution in [0.2, 0.25) is 0 Å². The fourth-order valence-corrected chi connectivity index (χ4v) is 2.71. The number of nitrogens with one attached hydrogen (secondary N) is 1. The predicted molar refractivity (Wildman–Crippen MR) is 89.8 cm³/mol. The molecule has 0 spiro atoms. The van der Waals surface area contributed by atoms with E-state index in [0.717, 1.165) is 17.1 Å². The van der Waals surface area contributed by atoms with Crippen molar-refractivity contribution in [1.29, 1.82) is 0 Å². The van der Waals surface area contributed by atoms with E-state index in [9.17, 15) is 9.50 Å². The van der Waals surface area contributed by atoms with E-state index in [4.69, 9.17) is 9.47 Å². The average Bonchev–Trinajstić information content (AvgIpc) is 2.59. The molecule has 5 heteroatoms. The van der Waals surface area contributed by atoms with Gasteiger partial charge in [-0.3, -0.25) is 0 Å². The van der Waals surface area contributed by atoms with Crippen LogP contribution in [0.15, 0.2) is 42.5 Å². The highest BCUT2D eigenvalue weighted by atomic mass is 19.1. The minimum atomic E-state index is -1.09. The quantitative estimate of drug-likeness (QED) is 0.884. The van der Waals surface area contributed by atoms with E-state index in [2.05, 4.69) is 5.32 Å². The van der Waals surface area contributed by atoms with Gasteiger partial charge in [-0.05, 0) is 49.2 Å². The molecule has 0 saturated heterocycles. The van der Waals surface area contributed by atoms with Crippen LogP contribution in [-0.2, 0) is 5.60 Å². The average molecular weight is 331 g/mol. The van der Waals surface area contributed by atoms with Gasteiger partial charge in [0.25, 0.3) is 0 Å². The molecule has 0 radical (unpaired) electrons. The van der Waals surface area contributed by atoms with Gasteiger partial charge in [0.05, 0.1) is 5.60 Å². The van der Waals surface area contributed by atoms with E-state index < -0.39 is 5.60 Å². The molecular weight excluding hydrogens is 309 g/mol. The lowest BCUT2D eigenvalue weighted by molar-refractivity contribution is 0.0543. The maximum atomic E-state index is 13.0. The number of hydrogen-bond acceptors (Lipinski definition) is 4. The van der Waals surface area contributed by atoms with Crippen LogP contribution in [0.4, 0.5) is 4.39 Å². The summed E-state index contributed by atoms with van der Waals surface area (Å²) in [7, 11) is 0. The lowest BCUT2D eigenvalue weighted by Crippen LogP contribution is -2.36. The number of ether oxygens (including phenoxy) is 2. The summed E-state index contributed by atoms with van der Waals surface area (Å²) in [6.45, 7) is 5.20. The number of halogens is 1. The molecule has 24 heavy (non-hydrogen) atoms. The van der Waals surface area contributed by atoms with Gasteiger partial charge < -0.3 is 19.9 Å². The van der Waals surface area contributed by atoms with Gasteiger partial charge in [-0.2, -0.15) is 0 Å². The summed E-state index contributed by atoms with van der Waals surface area (Å²) < 4.78 is 24.2. The van der Waals surface area contributed by atoms with Crippen molar-refractivity contribution in [2.75, 3.05) is 19.8 Å². The molecule has 2 N–H and O–H groups in total. The SMILES string of the molecule is CC(NCC(C)(O)c1ccc(F)cc1)c1ccc2c(c1)OCCO2. The first-order chi connectivity index (χ1) is 11.5. The van der Waals surface area contributed by atoms with Gasteiger partial charge in [-0.1, -0.05) is 18.2 Å². The highest BCUT2D eigenvalue weighted by molar-refractivity contribution is 5.44. The van der Waals surface area contributed by atoms with Crippen LogP contribution in [0.25, 0.3) is 0 Å². The third kappa shape index (κ3) is 3.68. The molecule has 0 bridgehead atoms. The Kier molecular flexibility index (Phi) is 4.73. The summed E-state index contributed by atoms with van der Waals surface area (Å²) >= 11 is 0. The maximum Gasteiger partial charge on any atom is 0.161 e. The highest BCUT2D eigenvalue weighted by Gasteiger charge is 2.24. The Bertz CT molecular complexity index is 700. The summed E-state index contributed by atoms with van der Waals surface area (Å²) in [6.07, 6.45) is 0. The smallest absolute Gasteiger partial charge is 0.161 e. The molecule has 2 aromatic rings. The molecular formula is C19H22FNO3. The van der Waals surface area contributed by atoms with Crippen molar-refractivity contribution in [2.45, 2.75) is 25.5 Å². The molecule has 0 fully saturated rings. The van der Waals surface area contributed by atoms with E-state index >= 15 is 0 Å². The zero-order chi connectivity index (χ0) is 17.2. The fourth-order valence-electron chi connectivity index (χ4n) is 2.71. The molecule has 1 aliphatic heterocycles. The summed E-state index contributed by atoms with van der Waals surface area (Å²) in [5, 5.41) is 14.0. The van der Waals surface area contributed by atoms with Crippen LogP contribution in [0.5, 0.6) is 11.5 Å². The largest absolute Gasteiger partial charge is 0.486 e.